The second-order valence-electron chi connectivity index (χ2n) is 9.29. The van der Waals surface area contributed by atoms with Crippen molar-refractivity contribution in [3.05, 3.63) is 74.6 Å². The van der Waals surface area contributed by atoms with Crippen LogP contribution in [0.5, 0.6) is 0 Å². The number of anilines is 1. The van der Waals surface area contributed by atoms with Gasteiger partial charge in [-0.1, -0.05) is 24.3 Å². The van der Waals surface area contributed by atoms with Crippen molar-refractivity contribution in [3.8, 4) is 0 Å². The zero-order valence-corrected chi connectivity index (χ0v) is 20.2. The lowest BCUT2D eigenvalue weighted by Gasteiger charge is -2.52. The van der Waals surface area contributed by atoms with Crippen LogP contribution in [0.1, 0.15) is 28.2 Å². The minimum atomic E-state index is -0.209. The Kier molecular flexibility index (Phi) is 6.35. The average Bonchev–Trinajstić information content (AvgIpc) is 3.51. The van der Waals surface area contributed by atoms with Crippen molar-refractivity contribution in [2.45, 2.75) is 38.8 Å². The highest BCUT2D eigenvalue weighted by molar-refractivity contribution is 7.10. The Hall–Kier alpha value is -2.15. The van der Waals surface area contributed by atoms with Crippen molar-refractivity contribution < 1.29 is 14.0 Å². The molecule has 0 saturated carbocycles. The number of rotatable bonds is 7. The number of aryl methyl sites for hydroxylation is 1. The highest BCUT2D eigenvalue weighted by atomic mass is 32.1. The monoisotopic (exact) mass is 467 g/mol. The van der Waals surface area contributed by atoms with Gasteiger partial charge in [0.15, 0.2) is 6.10 Å². The first-order valence-corrected chi connectivity index (χ1v) is 13.3. The Labute approximate surface area is 198 Å². The number of hydrogen-bond donors (Lipinski definition) is 0. The summed E-state index contributed by atoms with van der Waals surface area (Å²) in [7, 11) is 0. The highest BCUT2D eigenvalue weighted by Gasteiger charge is 2.47. The largest absolute Gasteiger partial charge is 0.440 e. The topological polar surface area (TPSA) is 29.5 Å². The minimum Gasteiger partial charge on any atom is -0.440 e. The molecular formula is C26H31N2O2S2+. The van der Waals surface area contributed by atoms with Crippen LogP contribution in [0.2, 0.25) is 0 Å². The number of ether oxygens (including phenoxy) is 1. The summed E-state index contributed by atoms with van der Waals surface area (Å²) in [5, 5.41) is 4.22. The lowest BCUT2D eigenvalue weighted by Crippen LogP contribution is -2.65. The van der Waals surface area contributed by atoms with Crippen LogP contribution in [0.25, 0.3) is 0 Å². The van der Waals surface area contributed by atoms with Crippen molar-refractivity contribution in [1.82, 2.24) is 0 Å². The van der Waals surface area contributed by atoms with Gasteiger partial charge in [-0.25, -0.2) is 4.79 Å². The summed E-state index contributed by atoms with van der Waals surface area (Å²) in [6, 6.07) is 16.6. The van der Waals surface area contributed by atoms with Crippen molar-refractivity contribution in [3.63, 3.8) is 0 Å². The fourth-order valence-corrected chi connectivity index (χ4v) is 6.67. The number of amides is 1. The number of hydrogen-bond acceptors (Lipinski definition) is 4. The van der Waals surface area contributed by atoms with Gasteiger partial charge >= 0.3 is 6.09 Å². The number of benzene rings is 1. The summed E-state index contributed by atoms with van der Waals surface area (Å²) in [4.78, 5) is 17.9. The van der Waals surface area contributed by atoms with E-state index in [0.29, 0.717) is 12.5 Å². The van der Waals surface area contributed by atoms with E-state index >= 15 is 0 Å². The fourth-order valence-electron chi connectivity index (χ4n) is 5.28. The molecule has 2 bridgehead atoms. The van der Waals surface area contributed by atoms with Gasteiger partial charge in [-0.2, -0.15) is 0 Å². The molecule has 3 aliphatic rings. The zero-order valence-electron chi connectivity index (χ0n) is 18.6. The van der Waals surface area contributed by atoms with Crippen molar-refractivity contribution in [1.29, 1.82) is 0 Å². The average molecular weight is 468 g/mol. The maximum atomic E-state index is 13.5. The quantitative estimate of drug-likeness (QED) is 0.392. The maximum Gasteiger partial charge on any atom is 0.415 e. The molecule has 32 heavy (non-hydrogen) atoms. The molecule has 4 nitrogen and oxygen atoms in total. The van der Waals surface area contributed by atoms with E-state index in [4.69, 9.17) is 4.74 Å². The SMILES string of the molecule is Cc1cccc(N(Cc2cccs2)C(=O)OC2C[N+]3(CCc4cccs4)CCC2CC3)c1. The molecular weight excluding hydrogens is 436 g/mol. The summed E-state index contributed by atoms with van der Waals surface area (Å²) >= 11 is 3.53. The molecule has 1 unspecified atom stereocenters. The second kappa shape index (κ2) is 9.38. The molecule has 5 heterocycles. The first-order valence-electron chi connectivity index (χ1n) is 11.5. The number of piperidine rings is 3. The summed E-state index contributed by atoms with van der Waals surface area (Å²) in [5.41, 5.74) is 2.05. The van der Waals surface area contributed by atoms with Crippen LogP contribution in [0.4, 0.5) is 10.5 Å². The van der Waals surface area contributed by atoms with Crippen LogP contribution in [0.15, 0.2) is 59.3 Å². The molecule has 0 radical (unpaired) electrons. The molecule has 0 N–H and O–H groups in total. The summed E-state index contributed by atoms with van der Waals surface area (Å²) in [5.74, 6) is 0.502. The third-order valence-electron chi connectivity index (χ3n) is 7.13. The number of carbonyl (C=O) groups is 1. The van der Waals surface area contributed by atoms with Gasteiger partial charge < -0.3 is 9.22 Å². The Morgan fingerprint density at radius 1 is 1.06 bits per heavy atom. The number of quaternary nitrogens is 1. The fraction of sp³-hybridized carbons (Fsp3) is 0.423. The standard InChI is InChI=1S/C26H31N2O2S2/c1-20-5-2-6-22(17-20)27(18-24-8-4-16-32-24)26(29)30-25-19-28(12-9-21(25)10-13-28)14-11-23-7-3-15-31-23/h2-8,15-17,21,25H,9-14,18-19H2,1H3/q+1. The second-order valence-corrected chi connectivity index (χ2v) is 11.4. The first kappa shape index (κ1) is 21.7. The summed E-state index contributed by atoms with van der Waals surface area (Å²) < 4.78 is 7.37. The smallest absolute Gasteiger partial charge is 0.415 e. The number of nitrogens with zero attached hydrogens (tertiary/aromatic N) is 2. The van der Waals surface area contributed by atoms with E-state index in [9.17, 15) is 4.79 Å². The van der Waals surface area contributed by atoms with E-state index in [2.05, 4.69) is 48.0 Å². The van der Waals surface area contributed by atoms with Crippen molar-refractivity contribution in [2.75, 3.05) is 31.1 Å². The predicted molar refractivity (Wildman–Crippen MR) is 132 cm³/mol. The molecule has 3 saturated heterocycles. The zero-order chi connectivity index (χ0) is 22.0. The molecule has 6 heteroatoms. The van der Waals surface area contributed by atoms with E-state index in [1.165, 1.54) is 18.0 Å². The normalized spacial score (nSPS) is 24.4. The van der Waals surface area contributed by atoms with E-state index in [-0.39, 0.29) is 12.2 Å². The minimum absolute atomic E-state index is 0.0176. The summed E-state index contributed by atoms with van der Waals surface area (Å²) in [6.45, 7) is 7.17. The molecule has 0 spiro atoms. The Morgan fingerprint density at radius 2 is 1.81 bits per heavy atom. The van der Waals surface area contributed by atoms with E-state index < -0.39 is 0 Å². The highest BCUT2D eigenvalue weighted by Crippen LogP contribution is 2.36. The Bertz CT molecular complexity index is 1020. The molecule has 6 rings (SSSR count). The van der Waals surface area contributed by atoms with Crippen molar-refractivity contribution >= 4 is 34.5 Å². The molecule has 3 aliphatic heterocycles. The third-order valence-corrected chi connectivity index (χ3v) is 8.93. The molecule has 1 amide bonds. The van der Waals surface area contributed by atoms with Gasteiger partial charge in [0.25, 0.3) is 0 Å². The molecule has 2 aromatic heterocycles. The molecule has 1 atom stereocenters. The summed E-state index contributed by atoms with van der Waals surface area (Å²) in [6.07, 6.45) is 3.26. The molecule has 0 aliphatic carbocycles. The van der Waals surface area contributed by atoms with Crippen molar-refractivity contribution in [2.24, 2.45) is 5.92 Å². The molecule has 3 aromatic rings. The van der Waals surface area contributed by atoms with Gasteiger partial charge in [-0.15, -0.1) is 22.7 Å². The lowest BCUT2D eigenvalue weighted by molar-refractivity contribution is -0.945. The van der Waals surface area contributed by atoms with Crippen LogP contribution in [0.3, 0.4) is 0 Å². The van der Waals surface area contributed by atoms with Crippen LogP contribution in [-0.2, 0) is 17.7 Å². The van der Waals surface area contributed by atoms with Gasteiger partial charge in [0.05, 0.1) is 26.2 Å². The molecule has 3 fully saturated rings. The van der Waals surface area contributed by atoms with Gasteiger partial charge in [0.1, 0.15) is 6.54 Å². The van der Waals surface area contributed by atoms with E-state index in [1.807, 2.05) is 34.4 Å². The predicted octanol–water partition coefficient (Wildman–Crippen LogP) is 6.11. The third kappa shape index (κ3) is 4.77. The van der Waals surface area contributed by atoms with Crippen LogP contribution in [0, 0.1) is 12.8 Å². The maximum absolute atomic E-state index is 13.5. The van der Waals surface area contributed by atoms with E-state index in [1.54, 1.807) is 11.3 Å². The Morgan fingerprint density at radius 3 is 2.50 bits per heavy atom. The number of thiophene rings is 2. The van der Waals surface area contributed by atoms with E-state index in [0.717, 1.165) is 53.0 Å². The number of fused-ring (bicyclic) bond motifs is 3. The van der Waals surface area contributed by atoms with Gasteiger partial charge in [0.2, 0.25) is 0 Å². The van der Waals surface area contributed by atoms with Gasteiger partial charge in [-0.05, 0) is 47.5 Å². The first-order chi connectivity index (χ1) is 15.6. The lowest BCUT2D eigenvalue weighted by atomic mass is 9.83. The number of carbonyl (C=O) groups excluding carboxylic acids is 1. The van der Waals surface area contributed by atoms with Crippen LogP contribution in [-0.4, -0.2) is 42.9 Å². The van der Waals surface area contributed by atoms with Crippen LogP contribution >= 0.6 is 22.7 Å². The van der Waals surface area contributed by atoms with Crippen LogP contribution < -0.4 is 4.90 Å². The molecule has 168 valence electrons. The van der Waals surface area contributed by atoms with Gasteiger partial charge in [0, 0.05) is 40.6 Å². The van der Waals surface area contributed by atoms with Gasteiger partial charge in [-0.3, -0.25) is 4.90 Å². The molecule has 1 aromatic carbocycles. The Balaban J connectivity index is 1.30.